The zero-order valence-electron chi connectivity index (χ0n) is 11.6. The molecule has 0 amide bonds. The smallest absolute Gasteiger partial charge is 0.231 e. The van der Waals surface area contributed by atoms with E-state index in [1.54, 1.807) is 6.20 Å². The van der Waals surface area contributed by atoms with Crippen molar-refractivity contribution in [3.63, 3.8) is 0 Å². The SMILES string of the molecule is CNC1CCCCC1c1nc(-c2ncc(Br)cc2Br)no1. The van der Waals surface area contributed by atoms with E-state index < -0.39 is 0 Å². The Bertz CT molecular complexity index is 631. The van der Waals surface area contributed by atoms with Crippen LogP contribution in [0.4, 0.5) is 0 Å². The zero-order chi connectivity index (χ0) is 14.8. The van der Waals surface area contributed by atoms with E-state index in [-0.39, 0.29) is 0 Å². The largest absolute Gasteiger partial charge is 0.339 e. The first kappa shape index (κ1) is 15.1. The van der Waals surface area contributed by atoms with Gasteiger partial charge in [0.2, 0.25) is 11.7 Å². The molecule has 2 aromatic heterocycles. The van der Waals surface area contributed by atoms with Crippen LogP contribution in [0.15, 0.2) is 25.7 Å². The monoisotopic (exact) mass is 414 g/mol. The van der Waals surface area contributed by atoms with E-state index in [1.165, 1.54) is 12.8 Å². The molecular weight excluding hydrogens is 400 g/mol. The van der Waals surface area contributed by atoms with Crippen LogP contribution >= 0.6 is 31.9 Å². The average molecular weight is 416 g/mol. The lowest BCUT2D eigenvalue weighted by Crippen LogP contribution is -2.34. The van der Waals surface area contributed by atoms with Crippen molar-refractivity contribution in [1.82, 2.24) is 20.4 Å². The molecule has 2 unspecified atom stereocenters. The van der Waals surface area contributed by atoms with Crippen molar-refractivity contribution in [3.05, 3.63) is 27.1 Å². The molecule has 3 rings (SSSR count). The molecule has 2 heterocycles. The van der Waals surface area contributed by atoms with Gasteiger partial charge in [0.25, 0.3) is 0 Å². The summed E-state index contributed by atoms with van der Waals surface area (Å²) in [5.41, 5.74) is 0.699. The van der Waals surface area contributed by atoms with Gasteiger partial charge in [-0.3, -0.25) is 4.98 Å². The van der Waals surface area contributed by atoms with Crippen molar-refractivity contribution in [1.29, 1.82) is 0 Å². The molecular formula is C14H16Br2N4O. The van der Waals surface area contributed by atoms with E-state index in [4.69, 9.17) is 4.52 Å². The number of pyridine rings is 1. The molecule has 1 fully saturated rings. The van der Waals surface area contributed by atoms with Crippen molar-refractivity contribution < 1.29 is 4.52 Å². The molecule has 1 N–H and O–H groups in total. The van der Waals surface area contributed by atoms with Gasteiger partial charge >= 0.3 is 0 Å². The highest BCUT2D eigenvalue weighted by atomic mass is 79.9. The quantitative estimate of drug-likeness (QED) is 0.823. The first-order chi connectivity index (χ1) is 10.2. The van der Waals surface area contributed by atoms with Gasteiger partial charge in [0.15, 0.2) is 0 Å². The third-order valence-electron chi connectivity index (χ3n) is 3.92. The lowest BCUT2D eigenvalue weighted by molar-refractivity contribution is 0.270. The number of halogens is 2. The summed E-state index contributed by atoms with van der Waals surface area (Å²) in [6.07, 6.45) is 6.43. The summed E-state index contributed by atoms with van der Waals surface area (Å²) >= 11 is 6.88. The van der Waals surface area contributed by atoms with Gasteiger partial charge in [0.1, 0.15) is 5.69 Å². The molecule has 0 spiro atoms. The van der Waals surface area contributed by atoms with E-state index in [0.717, 1.165) is 21.8 Å². The maximum Gasteiger partial charge on any atom is 0.231 e. The summed E-state index contributed by atoms with van der Waals surface area (Å²) in [7, 11) is 1.99. The van der Waals surface area contributed by atoms with Crippen LogP contribution in [0.2, 0.25) is 0 Å². The van der Waals surface area contributed by atoms with E-state index in [0.29, 0.717) is 29.4 Å². The molecule has 0 aromatic carbocycles. The number of rotatable bonds is 3. The van der Waals surface area contributed by atoms with Crippen molar-refractivity contribution in [3.8, 4) is 11.5 Å². The first-order valence-corrected chi connectivity index (χ1v) is 8.60. The van der Waals surface area contributed by atoms with E-state index in [2.05, 4.69) is 52.3 Å². The molecule has 0 radical (unpaired) electrons. The highest BCUT2D eigenvalue weighted by Gasteiger charge is 2.30. The summed E-state index contributed by atoms with van der Waals surface area (Å²) in [6.45, 7) is 0. The van der Waals surface area contributed by atoms with E-state index in [1.807, 2.05) is 13.1 Å². The minimum atomic E-state index is 0.291. The molecule has 2 aromatic rings. The topological polar surface area (TPSA) is 63.8 Å². The third-order valence-corrected chi connectivity index (χ3v) is 4.95. The van der Waals surface area contributed by atoms with Crippen molar-refractivity contribution in [2.24, 2.45) is 0 Å². The van der Waals surface area contributed by atoms with Crippen LogP contribution < -0.4 is 5.32 Å². The highest BCUT2D eigenvalue weighted by molar-refractivity contribution is 9.11. The average Bonchev–Trinajstić information content (AvgIpc) is 2.96. The van der Waals surface area contributed by atoms with Gasteiger partial charge in [0.05, 0.1) is 5.92 Å². The number of nitrogens with one attached hydrogen (secondary N) is 1. The molecule has 1 aliphatic rings. The molecule has 1 saturated carbocycles. The number of likely N-dealkylation sites (N-methyl/N-ethyl adjacent to an activating group) is 1. The summed E-state index contributed by atoms with van der Waals surface area (Å²) in [5, 5.41) is 7.46. The van der Waals surface area contributed by atoms with Gasteiger partial charge in [-0.25, -0.2) is 0 Å². The van der Waals surface area contributed by atoms with Crippen LogP contribution in [0.1, 0.15) is 37.5 Å². The molecule has 2 atom stereocenters. The Hall–Kier alpha value is -0.790. The Kier molecular flexibility index (Phi) is 4.71. The van der Waals surface area contributed by atoms with Gasteiger partial charge in [-0.1, -0.05) is 18.0 Å². The van der Waals surface area contributed by atoms with E-state index in [9.17, 15) is 0 Å². The molecule has 112 valence electrons. The van der Waals surface area contributed by atoms with Gasteiger partial charge < -0.3 is 9.84 Å². The molecule has 0 bridgehead atoms. The van der Waals surface area contributed by atoms with Crippen molar-refractivity contribution in [2.45, 2.75) is 37.6 Å². The van der Waals surface area contributed by atoms with Gasteiger partial charge in [-0.15, -0.1) is 0 Å². The van der Waals surface area contributed by atoms with Crippen molar-refractivity contribution >= 4 is 31.9 Å². The maximum atomic E-state index is 5.50. The Labute approximate surface area is 140 Å². The summed E-state index contributed by atoms with van der Waals surface area (Å²) in [6, 6.07) is 2.34. The minimum absolute atomic E-state index is 0.291. The summed E-state index contributed by atoms with van der Waals surface area (Å²) in [4.78, 5) is 8.92. The molecule has 5 nitrogen and oxygen atoms in total. The fourth-order valence-corrected chi connectivity index (χ4v) is 4.00. The fourth-order valence-electron chi connectivity index (χ4n) is 2.83. The van der Waals surface area contributed by atoms with Crippen molar-refractivity contribution in [2.75, 3.05) is 7.05 Å². The molecule has 0 aliphatic heterocycles. The molecule has 21 heavy (non-hydrogen) atoms. The van der Waals surface area contributed by atoms with E-state index >= 15 is 0 Å². The predicted octanol–water partition coefficient (Wildman–Crippen LogP) is 3.90. The second kappa shape index (κ2) is 6.54. The third kappa shape index (κ3) is 3.19. The van der Waals surface area contributed by atoms with Crippen LogP contribution in [0.3, 0.4) is 0 Å². The molecule has 7 heteroatoms. The van der Waals surface area contributed by atoms with Gasteiger partial charge in [-0.2, -0.15) is 4.98 Å². The highest BCUT2D eigenvalue weighted by Crippen LogP contribution is 2.34. The maximum absolute atomic E-state index is 5.50. The second-order valence-corrected chi connectivity index (χ2v) is 7.00. The van der Waals surface area contributed by atoms with Gasteiger partial charge in [0, 0.05) is 21.2 Å². The first-order valence-electron chi connectivity index (χ1n) is 7.01. The van der Waals surface area contributed by atoms with Crippen LogP contribution in [-0.2, 0) is 0 Å². The number of nitrogens with zero attached hydrogens (tertiary/aromatic N) is 3. The van der Waals surface area contributed by atoms with Gasteiger partial charge in [-0.05, 0) is 57.8 Å². The normalized spacial score (nSPS) is 22.4. The zero-order valence-corrected chi connectivity index (χ0v) is 14.8. The summed E-state index contributed by atoms with van der Waals surface area (Å²) < 4.78 is 7.25. The van der Waals surface area contributed by atoms with Crippen LogP contribution in [0.5, 0.6) is 0 Å². The minimum Gasteiger partial charge on any atom is -0.339 e. The number of hydrogen-bond acceptors (Lipinski definition) is 5. The summed E-state index contributed by atoms with van der Waals surface area (Å²) in [5.74, 6) is 1.53. The lowest BCUT2D eigenvalue weighted by Gasteiger charge is -2.28. The van der Waals surface area contributed by atoms with Crippen LogP contribution in [-0.4, -0.2) is 28.2 Å². The number of aromatic nitrogens is 3. The Morgan fingerprint density at radius 3 is 2.86 bits per heavy atom. The molecule has 0 saturated heterocycles. The molecule has 1 aliphatic carbocycles. The standard InChI is InChI=1S/C14H16Br2N4O/c1-17-11-5-3-2-4-9(11)14-19-13(20-21-14)12-10(16)6-8(15)7-18-12/h6-7,9,11,17H,2-5H2,1H3. The van der Waals surface area contributed by atoms with Crippen LogP contribution in [0.25, 0.3) is 11.5 Å². The second-order valence-electron chi connectivity index (χ2n) is 5.23. The lowest BCUT2D eigenvalue weighted by atomic mass is 9.84. The fraction of sp³-hybridized carbons (Fsp3) is 0.500. The number of hydrogen-bond donors (Lipinski definition) is 1. The Balaban J connectivity index is 1.89. The Morgan fingerprint density at radius 1 is 1.29 bits per heavy atom. The Morgan fingerprint density at radius 2 is 2.10 bits per heavy atom. The van der Waals surface area contributed by atoms with Crippen LogP contribution in [0, 0.1) is 0 Å². The predicted molar refractivity (Wildman–Crippen MR) is 87.0 cm³/mol.